The molecule has 6 heteroatoms. The van der Waals surface area contributed by atoms with Crippen LogP contribution in [0.4, 0.5) is 29.5 Å². The molecular formula is C23H18F3NOS. The maximum atomic E-state index is 14.6. The van der Waals surface area contributed by atoms with E-state index in [2.05, 4.69) is 0 Å². The molecule has 0 N–H and O–H groups in total. The van der Waals surface area contributed by atoms with Gasteiger partial charge < -0.3 is 4.90 Å². The SMILES string of the molecule is CC1(C)c2ccccc2N2c3sc(C=O)cc3C(C)(C(F)(F)F)c3cccc1c32. The Labute approximate surface area is 170 Å². The molecule has 2 aliphatic heterocycles. The van der Waals surface area contributed by atoms with Crippen molar-refractivity contribution < 1.29 is 18.0 Å². The normalized spacial score (nSPS) is 21.2. The number of aldehydes is 1. The number of hydrogen-bond acceptors (Lipinski definition) is 3. The van der Waals surface area contributed by atoms with Crippen molar-refractivity contribution in [1.29, 1.82) is 0 Å². The predicted molar refractivity (Wildman–Crippen MR) is 109 cm³/mol. The van der Waals surface area contributed by atoms with Crippen LogP contribution in [-0.2, 0) is 10.8 Å². The third kappa shape index (κ3) is 2.10. The van der Waals surface area contributed by atoms with Crippen LogP contribution in [-0.4, -0.2) is 12.5 Å². The Kier molecular flexibility index (Phi) is 3.50. The molecule has 0 spiro atoms. The van der Waals surface area contributed by atoms with Crippen LogP contribution in [0, 0.1) is 0 Å². The number of para-hydroxylation sites is 2. The van der Waals surface area contributed by atoms with Gasteiger partial charge in [0.15, 0.2) is 6.29 Å². The van der Waals surface area contributed by atoms with Crippen LogP contribution in [0.2, 0.25) is 0 Å². The van der Waals surface area contributed by atoms with Crippen LogP contribution < -0.4 is 4.90 Å². The van der Waals surface area contributed by atoms with E-state index in [0.29, 0.717) is 21.9 Å². The van der Waals surface area contributed by atoms with Crippen molar-refractivity contribution >= 4 is 34.0 Å². The number of rotatable bonds is 1. The smallest absolute Gasteiger partial charge is 0.301 e. The number of benzene rings is 2. The number of carbonyl (C=O) groups excluding carboxylic acids is 1. The van der Waals surface area contributed by atoms with Gasteiger partial charge in [-0.3, -0.25) is 4.79 Å². The first-order valence-electron chi connectivity index (χ1n) is 9.32. The Morgan fingerprint density at radius 2 is 1.59 bits per heavy atom. The van der Waals surface area contributed by atoms with Crippen LogP contribution in [0.3, 0.4) is 0 Å². The third-order valence-electron chi connectivity index (χ3n) is 6.45. The first-order valence-corrected chi connectivity index (χ1v) is 10.1. The number of thiophene rings is 1. The van der Waals surface area contributed by atoms with Gasteiger partial charge in [-0.25, -0.2) is 0 Å². The highest BCUT2D eigenvalue weighted by Gasteiger charge is 2.60. The summed E-state index contributed by atoms with van der Waals surface area (Å²) in [6, 6.07) is 14.4. The first-order chi connectivity index (χ1) is 13.6. The summed E-state index contributed by atoms with van der Waals surface area (Å²) in [4.78, 5) is 13.7. The summed E-state index contributed by atoms with van der Waals surface area (Å²) in [6.07, 6.45) is -3.88. The molecule has 1 unspecified atom stereocenters. The Bertz CT molecular complexity index is 1180. The lowest BCUT2D eigenvalue weighted by Crippen LogP contribution is -2.46. The van der Waals surface area contributed by atoms with Gasteiger partial charge in [0, 0.05) is 11.0 Å². The van der Waals surface area contributed by atoms with Crippen molar-refractivity contribution in [2.24, 2.45) is 0 Å². The van der Waals surface area contributed by atoms with Gasteiger partial charge in [0.05, 0.1) is 16.3 Å². The molecule has 3 heterocycles. The molecule has 2 nitrogen and oxygen atoms in total. The summed E-state index contributed by atoms with van der Waals surface area (Å²) in [7, 11) is 0. The van der Waals surface area contributed by atoms with E-state index < -0.39 is 17.0 Å². The van der Waals surface area contributed by atoms with Gasteiger partial charge in [-0.1, -0.05) is 50.2 Å². The van der Waals surface area contributed by atoms with E-state index in [-0.39, 0.29) is 11.1 Å². The van der Waals surface area contributed by atoms with Crippen LogP contribution in [0.15, 0.2) is 48.5 Å². The summed E-state index contributed by atoms with van der Waals surface area (Å²) in [5, 5.41) is 0.467. The maximum Gasteiger partial charge on any atom is 0.402 e. The number of nitrogens with zero attached hydrogens (tertiary/aromatic N) is 1. The highest BCUT2D eigenvalue weighted by Crippen LogP contribution is 2.64. The Morgan fingerprint density at radius 1 is 0.931 bits per heavy atom. The lowest BCUT2D eigenvalue weighted by Gasteiger charge is -2.49. The molecule has 0 saturated heterocycles. The molecule has 2 aliphatic rings. The standard InChI is InChI=1S/C23H18F3NOS/c1-21(2)14-7-4-5-10-18(14)27-19-15(21)8-6-9-16(19)22(3,23(24,25)26)17-11-13(12-28)29-20(17)27/h4-12H,1-3H3. The highest BCUT2D eigenvalue weighted by atomic mass is 32.1. The maximum absolute atomic E-state index is 14.6. The summed E-state index contributed by atoms with van der Waals surface area (Å²) in [5.74, 6) is 0. The summed E-state index contributed by atoms with van der Waals surface area (Å²) >= 11 is 1.11. The molecule has 2 aromatic carbocycles. The van der Waals surface area contributed by atoms with Crippen molar-refractivity contribution in [3.8, 4) is 0 Å². The van der Waals surface area contributed by atoms with Crippen LogP contribution in [0.25, 0.3) is 0 Å². The lowest BCUT2D eigenvalue weighted by atomic mass is 9.66. The quantitative estimate of drug-likeness (QED) is 0.407. The zero-order valence-electron chi connectivity index (χ0n) is 16.1. The minimum atomic E-state index is -4.51. The number of alkyl halides is 3. The average molecular weight is 413 g/mol. The molecule has 0 saturated carbocycles. The van der Waals surface area contributed by atoms with Crippen LogP contribution >= 0.6 is 11.3 Å². The number of anilines is 3. The third-order valence-corrected chi connectivity index (χ3v) is 7.49. The monoisotopic (exact) mass is 413 g/mol. The summed E-state index contributed by atoms with van der Waals surface area (Å²) < 4.78 is 43.7. The average Bonchev–Trinajstić information content (AvgIpc) is 3.11. The molecule has 3 aromatic rings. The molecule has 0 amide bonds. The van der Waals surface area contributed by atoms with E-state index in [9.17, 15) is 18.0 Å². The first kappa shape index (κ1) is 18.4. The van der Waals surface area contributed by atoms with Crippen LogP contribution in [0.5, 0.6) is 0 Å². The van der Waals surface area contributed by atoms with Crippen LogP contribution in [0.1, 0.15) is 52.7 Å². The number of carbonyl (C=O) groups is 1. The van der Waals surface area contributed by atoms with Gasteiger partial charge in [-0.05, 0) is 35.7 Å². The predicted octanol–water partition coefficient (Wildman–Crippen LogP) is 6.85. The Morgan fingerprint density at radius 3 is 2.28 bits per heavy atom. The van der Waals surface area contributed by atoms with Crippen molar-refractivity contribution in [2.75, 3.05) is 4.90 Å². The topological polar surface area (TPSA) is 20.3 Å². The molecule has 148 valence electrons. The van der Waals surface area contributed by atoms with Crippen molar-refractivity contribution in [3.63, 3.8) is 0 Å². The fourth-order valence-electron chi connectivity index (χ4n) is 4.80. The molecule has 1 aromatic heterocycles. The largest absolute Gasteiger partial charge is 0.402 e. The Hall–Kier alpha value is -2.60. The fraction of sp³-hybridized carbons (Fsp3) is 0.261. The molecule has 5 rings (SSSR count). The van der Waals surface area contributed by atoms with Gasteiger partial charge in [0.2, 0.25) is 0 Å². The zero-order chi connectivity index (χ0) is 20.8. The van der Waals surface area contributed by atoms with Crippen molar-refractivity contribution in [2.45, 2.75) is 37.8 Å². The van der Waals surface area contributed by atoms with E-state index in [4.69, 9.17) is 0 Å². The van der Waals surface area contributed by atoms with Gasteiger partial charge in [0.1, 0.15) is 10.4 Å². The number of halogens is 3. The molecule has 0 bridgehead atoms. The van der Waals surface area contributed by atoms with Gasteiger partial charge in [0.25, 0.3) is 0 Å². The molecule has 0 fully saturated rings. The second-order valence-corrected chi connectivity index (χ2v) is 9.35. The highest BCUT2D eigenvalue weighted by molar-refractivity contribution is 7.18. The molecule has 29 heavy (non-hydrogen) atoms. The minimum Gasteiger partial charge on any atom is -0.301 e. The summed E-state index contributed by atoms with van der Waals surface area (Å²) in [5.41, 5.74) is 1.08. The van der Waals surface area contributed by atoms with E-state index in [1.54, 1.807) is 12.1 Å². The number of fused-ring (bicyclic) bond motifs is 4. The summed E-state index contributed by atoms with van der Waals surface area (Å²) in [6.45, 7) is 5.32. The lowest BCUT2D eigenvalue weighted by molar-refractivity contribution is -0.173. The van der Waals surface area contributed by atoms with Gasteiger partial charge in [-0.2, -0.15) is 13.2 Å². The van der Waals surface area contributed by atoms with Gasteiger partial charge >= 0.3 is 6.18 Å². The Balaban J connectivity index is 1.97. The fourth-order valence-corrected chi connectivity index (χ4v) is 5.90. The van der Waals surface area contributed by atoms with E-state index in [1.807, 2.05) is 49.1 Å². The van der Waals surface area contributed by atoms with Crippen molar-refractivity contribution in [3.05, 3.63) is 75.7 Å². The molecule has 0 aliphatic carbocycles. The second-order valence-electron chi connectivity index (χ2n) is 8.29. The number of hydrogen-bond donors (Lipinski definition) is 0. The second kappa shape index (κ2) is 5.51. The van der Waals surface area contributed by atoms with E-state index in [0.717, 1.165) is 28.2 Å². The van der Waals surface area contributed by atoms with E-state index >= 15 is 0 Å². The molecular weight excluding hydrogens is 395 g/mol. The van der Waals surface area contributed by atoms with Gasteiger partial charge in [-0.15, -0.1) is 11.3 Å². The van der Waals surface area contributed by atoms with E-state index in [1.165, 1.54) is 13.0 Å². The molecule has 1 atom stereocenters. The molecule has 0 radical (unpaired) electrons. The zero-order valence-corrected chi connectivity index (χ0v) is 16.9. The van der Waals surface area contributed by atoms with Crippen molar-refractivity contribution in [1.82, 2.24) is 0 Å². The minimum absolute atomic E-state index is 0.135.